The fourth-order valence-corrected chi connectivity index (χ4v) is 7.33. The number of nitrogens with one attached hydrogen (secondary N) is 1. The Bertz CT molecular complexity index is 1530. The van der Waals surface area contributed by atoms with Crippen LogP contribution in [0.4, 0.5) is 11.4 Å². The number of nitrogens with zero attached hydrogens (tertiary/aromatic N) is 3. The van der Waals surface area contributed by atoms with E-state index in [1.54, 1.807) is 30.2 Å². The van der Waals surface area contributed by atoms with E-state index in [0.29, 0.717) is 48.1 Å². The molecule has 0 saturated carbocycles. The number of ether oxygens (including phenoxy) is 1. The first-order valence-corrected chi connectivity index (χ1v) is 14.9. The number of hydrogen-bond donors (Lipinski definition) is 1. The Morgan fingerprint density at radius 2 is 2.08 bits per heavy atom. The Kier molecular flexibility index (Phi) is 7.74. The second-order valence-corrected chi connectivity index (χ2v) is 12.3. The number of carbonyl (C=O) groups is 2. The van der Waals surface area contributed by atoms with Crippen LogP contribution in [0, 0.1) is 0 Å². The second kappa shape index (κ2) is 10.9. The summed E-state index contributed by atoms with van der Waals surface area (Å²) in [6, 6.07) is 9.52. The highest BCUT2D eigenvalue weighted by molar-refractivity contribution is 9.10. The highest BCUT2D eigenvalue weighted by Crippen LogP contribution is 2.41. The van der Waals surface area contributed by atoms with Crippen molar-refractivity contribution >= 4 is 71.5 Å². The average Bonchev–Trinajstić information content (AvgIpc) is 3.19. The van der Waals surface area contributed by atoms with Crippen molar-refractivity contribution in [2.24, 2.45) is 0 Å². The first-order chi connectivity index (χ1) is 18.2. The minimum Gasteiger partial charge on any atom is -0.385 e. The van der Waals surface area contributed by atoms with Crippen molar-refractivity contribution in [3.05, 3.63) is 57.8 Å². The van der Waals surface area contributed by atoms with Gasteiger partial charge in [-0.05, 0) is 59.5 Å². The van der Waals surface area contributed by atoms with Crippen LogP contribution in [-0.4, -0.2) is 62.4 Å². The molecule has 0 radical (unpaired) electrons. The zero-order valence-electron chi connectivity index (χ0n) is 20.6. The SMILES string of the molecule is COCCCN1C(=O)c2cccc3c(NC(=O)C4CCCCN4S(=O)(=O)c4cnc(Cl)c(Br)c4)ccc1c23. The molecule has 1 saturated heterocycles. The van der Waals surface area contributed by atoms with Gasteiger partial charge in [-0.3, -0.25) is 9.59 Å². The predicted octanol–water partition coefficient (Wildman–Crippen LogP) is 4.83. The van der Waals surface area contributed by atoms with E-state index in [1.165, 1.54) is 16.6 Å². The van der Waals surface area contributed by atoms with Gasteiger partial charge in [0.1, 0.15) is 16.1 Å². The average molecular weight is 622 g/mol. The van der Waals surface area contributed by atoms with Gasteiger partial charge >= 0.3 is 0 Å². The van der Waals surface area contributed by atoms with Gasteiger partial charge in [0.25, 0.3) is 5.91 Å². The molecule has 12 heteroatoms. The lowest BCUT2D eigenvalue weighted by atomic mass is 10.0. The minimum absolute atomic E-state index is 0.0362. The lowest BCUT2D eigenvalue weighted by Gasteiger charge is -2.33. The Labute approximate surface area is 234 Å². The summed E-state index contributed by atoms with van der Waals surface area (Å²) in [6.45, 7) is 1.28. The van der Waals surface area contributed by atoms with Gasteiger partial charge in [-0.15, -0.1) is 0 Å². The van der Waals surface area contributed by atoms with E-state index in [9.17, 15) is 18.0 Å². The van der Waals surface area contributed by atoms with E-state index in [-0.39, 0.29) is 22.5 Å². The molecule has 0 bridgehead atoms. The standard InChI is InChI=1S/C26H26BrClN4O5S/c1-37-13-5-11-31-21-10-9-20(17-6-4-7-18(23(17)21)26(31)34)30-25(33)22-8-2-3-12-32(22)38(35,36)16-14-19(27)24(28)29-15-16/h4,6-7,9-10,14-15,22H,2-3,5,8,11-13H2,1H3,(H,30,33). The summed E-state index contributed by atoms with van der Waals surface area (Å²) in [5.74, 6) is -0.506. The van der Waals surface area contributed by atoms with Gasteiger partial charge < -0.3 is 15.0 Å². The zero-order valence-corrected chi connectivity index (χ0v) is 23.8. The number of amides is 2. The first-order valence-electron chi connectivity index (χ1n) is 12.2. The molecule has 1 unspecified atom stereocenters. The summed E-state index contributed by atoms with van der Waals surface area (Å²) in [5, 5.41) is 4.61. The van der Waals surface area contributed by atoms with Crippen LogP contribution in [0.25, 0.3) is 10.8 Å². The van der Waals surface area contributed by atoms with Crippen molar-refractivity contribution in [1.29, 1.82) is 0 Å². The van der Waals surface area contributed by atoms with Gasteiger partial charge in [0.15, 0.2) is 0 Å². The molecular weight excluding hydrogens is 596 g/mol. The summed E-state index contributed by atoms with van der Waals surface area (Å²) in [5.41, 5.74) is 1.90. The number of aromatic nitrogens is 1. The minimum atomic E-state index is -4.00. The number of halogens is 2. The third-order valence-corrected chi connectivity index (χ3v) is 9.91. The molecule has 1 fully saturated rings. The van der Waals surface area contributed by atoms with Crippen molar-refractivity contribution in [2.75, 3.05) is 37.0 Å². The van der Waals surface area contributed by atoms with Crippen molar-refractivity contribution in [3.8, 4) is 0 Å². The number of piperidine rings is 1. The molecule has 9 nitrogen and oxygen atoms in total. The summed E-state index contributed by atoms with van der Waals surface area (Å²) in [6.07, 6.45) is 3.65. The fourth-order valence-electron chi connectivity index (χ4n) is 5.09. The van der Waals surface area contributed by atoms with E-state index >= 15 is 0 Å². The van der Waals surface area contributed by atoms with Crippen LogP contribution in [0.15, 0.2) is 52.0 Å². The maximum atomic E-state index is 13.6. The fraction of sp³-hybridized carbons (Fsp3) is 0.346. The largest absolute Gasteiger partial charge is 0.385 e. The molecular formula is C26H26BrClN4O5S. The van der Waals surface area contributed by atoms with E-state index in [1.807, 2.05) is 12.1 Å². The van der Waals surface area contributed by atoms with Gasteiger partial charge in [0.2, 0.25) is 15.9 Å². The highest BCUT2D eigenvalue weighted by Gasteiger charge is 2.38. The number of benzene rings is 2. The lowest BCUT2D eigenvalue weighted by Crippen LogP contribution is -2.49. The van der Waals surface area contributed by atoms with Crippen LogP contribution in [0.1, 0.15) is 36.0 Å². The maximum Gasteiger partial charge on any atom is 0.258 e. The summed E-state index contributed by atoms with van der Waals surface area (Å²) in [7, 11) is -2.37. The van der Waals surface area contributed by atoms with Gasteiger partial charge in [0, 0.05) is 55.0 Å². The van der Waals surface area contributed by atoms with Crippen molar-refractivity contribution < 1.29 is 22.7 Å². The van der Waals surface area contributed by atoms with Crippen LogP contribution >= 0.6 is 27.5 Å². The summed E-state index contributed by atoms with van der Waals surface area (Å²) < 4.78 is 33.7. The van der Waals surface area contributed by atoms with Crippen LogP contribution in [-0.2, 0) is 19.6 Å². The normalized spacial score (nSPS) is 17.8. The molecule has 0 aliphatic carbocycles. The monoisotopic (exact) mass is 620 g/mol. The number of rotatable bonds is 8. The van der Waals surface area contributed by atoms with Gasteiger partial charge in [-0.25, -0.2) is 13.4 Å². The third-order valence-electron chi connectivity index (χ3n) is 6.91. The smallest absolute Gasteiger partial charge is 0.258 e. The molecule has 1 N–H and O–H groups in total. The van der Waals surface area contributed by atoms with Crippen molar-refractivity contribution in [2.45, 2.75) is 36.6 Å². The van der Waals surface area contributed by atoms with E-state index in [0.717, 1.165) is 22.9 Å². The lowest BCUT2D eigenvalue weighted by molar-refractivity contribution is -0.120. The molecule has 2 aliphatic heterocycles. The van der Waals surface area contributed by atoms with Crippen LogP contribution in [0.5, 0.6) is 0 Å². The summed E-state index contributed by atoms with van der Waals surface area (Å²) >= 11 is 9.18. The van der Waals surface area contributed by atoms with E-state index < -0.39 is 22.0 Å². The Morgan fingerprint density at radius 1 is 1.26 bits per heavy atom. The van der Waals surface area contributed by atoms with Crippen LogP contribution in [0.2, 0.25) is 5.15 Å². The zero-order chi connectivity index (χ0) is 27.0. The van der Waals surface area contributed by atoms with E-state index in [4.69, 9.17) is 16.3 Å². The number of hydrogen-bond acceptors (Lipinski definition) is 6. The highest BCUT2D eigenvalue weighted by atomic mass is 79.9. The molecule has 2 amide bonds. The topological polar surface area (TPSA) is 109 Å². The number of anilines is 2. The Balaban J connectivity index is 1.44. The molecule has 200 valence electrons. The molecule has 0 spiro atoms. The molecule has 3 heterocycles. The third kappa shape index (κ3) is 4.82. The molecule has 5 rings (SSSR count). The number of pyridine rings is 1. The Hall–Kier alpha value is -2.57. The van der Waals surface area contributed by atoms with Crippen LogP contribution < -0.4 is 10.2 Å². The van der Waals surface area contributed by atoms with Crippen molar-refractivity contribution in [3.63, 3.8) is 0 Å². The summed E-state index contributed by atoms with van der Waals surface area (Å²) in [4.78, 5) is 32.3. The number of methoxy groups -OCH3 is 1. The predicted molar refractivity (Wildman–Crippen MR) is 149 cm³/mol. The molecule has 2 aromatic carbocycles. The quantitative estimate of drug-likeness (QED) is 0.285. The van der Waals surface area contributed by atoms with Gasteiger partial charge in [-0.2, -0.15) is 4.31 Å². The van der Waals surface area contributed by atoms with E-state index in [2.05, 4.69) is 26.2 Å². The molecule has 3 aromatic rings. The van der Waals surface area contributed by atoms with Crippen molar-refractivity contribution in [1.82, 2.24) is 9.29 Å². The maximum absolute atomic E-state index is 13.6. The second-order valence-electron chi connectivity index (χ2n) is 9.22. The molecule has 1 aromatic heterocycles. The molecule has 1 atom stereocenters. The van der Waals surface area contributed by atoms with Gasteiger partial charge in [0.05, 0.1) is 10.2 Å². The Morgan fingerprint density at radius 3 is 2.84 bits per heavy atom. The number of sulfonamides is 1. The number of carbonyl (C=O) groups excluding carboxylic acids is 2. The van der Waals surface area contributed by atoms with Gasteiger partial charge in [-0.1, -0.05) is 30.2 Å². The van der Waals surface area contributed by atoms with Crippen LogP contribution in [0.3, 0.4) is 0 Å². The molecule has 2 aliphatic rings. The molecule has 38 heavy (non-hydrogen) atoms. The first kappa shape index (κ1) is 27.0.